The molecule has 1 amide bonds. The van der Waals surface area contributed by atoms with Gasteiger partial charge in [-0.15, -0.1) is 11.3 Å². The number of ether oxygens (including phenoxy) is 1. The van der Waals surface area contributed by atoms with Crippen molar-refractivity contribution in [2.24, 2.45) is 0 Å². The molecule has 0 N–H and O–H groups in total. The predicted octanol–water partition coefficient (Wildman–Crippen LogP) is 3.43. The molecule has 2 aromatic rings. The maximum atomic E-state index is 12.8. The van der Waals surface area contributed by atoms with Crippen LogP contribution in [0.2, 0.25) is 0 Å². The Kier molecular flexibility index (Phi) is 5.53. The third kappa shape index (κ3) is 4.22. The zero-order valence-electron chi connectivity index (χ0n) is 15.3. The number of piperazine rings is 1. The van der Waals surface area contributed by atoms with Crippen molar-refractivity contribution in [2.45, 2.75) is 25.5 Å². The number of carbonyl (C=O) groups excluding carboxylic acids is 1. The Morgan fingerprint density at radius 3 is 2.81 bits per heavy atom. The van der Waals surface area contributed by atoms with Crippen molar-refractivity contribution in [3.8, 4) is 6.07 Å². The molecule has 1 atom stereocenters. The Morgan fingerprint density at radius 2 is 2.07 bits per heavy atom. The van der Waals surface area contributed by atoms with E-state index in [-0.39, 0.29) is 12.0 Å². The van der Waals surface area contributed by atoms with Gasteiger partial charge < -0.3 is 9.64 Å². The number of hydrogen-bond acceptors (Lipinski definition) is 5. The van der Waals surface area contributed by atoms with Crippen molar-refractivity contribution in [2.75, 3.05) is 32.8 Å². The maximum absolute atomic E-state index is 12.8. The highest BCUT2D eigenvalue weighted by atomic mass is 32.1. The standard InChI is InChI=1S/C21H23N3O2S/c22-14-16-3-1-4-17(13-16)15-23-8-10-24(11-9-23)21(25)20-7-6-19(27-20)18-5-2-12-26-18/h1,3-4,6-7,13,18H,2,5,8-12,15H2/t18-/m0/s1. The molecule has 2 aliphatic rings. The van der Waals surface area contributed by atoms with Crippen LogP contribution in [0.25, 0.3) is 0 Å². The van der Waals surface area contributed by atoms with E-state index in [4.69, 9.17) is 10.00 Å². The summed E-state index contributed by atoms with van der Waals surface area (Å²) in [4.78, 5) is 19.1. The van der Waals surface area contributed by atoms with Crippen LogP contribution in [0.3, 0.4) is 0 Å². The molecule has 1 aromatic carbocycles. The van der Waals surface area contributed by atoms with Crippen molar-refractivity contribution >= 4 is 17.2 Å². The minimum absolute atomic E-state index is 0.135. The normalized spacial score (nSPS) is 20.6. The van der Waals surface area contributed by atoms with Crippen molar-refractivity contribution < 1.29 is 9.53 Å². The lowest BCUT2D eigenvalue weighted by Crippen LogP contribution is -2.48. The number of benzene rings is 1. The van der Waals surface area contributed by atoms with Crippen LogP contribution in [0.1, 0.15) is 44.6 Å². The lowest BCUT2D eigenvalue weighted by molar-refractivity contribution is 0.0633. The van der Waals surface area contributed by atoms with Crippen molar-refractivity contribution in [1.29, 1.82) is 5.26 Å². The number of nitriles is 1. The molecule has 5 nitrogen and oxygen atoms in total. The quantitative estimate of drug-likeness (QED) is 0.814. The summed E-state index contributed by atoms with van der Waals surface area (Å²) < 4.78 is 5.72. The van der Waals surface area contributed by atoms with Crippen LogP contribution in [0.15, 0.2) is 36.4 Å². The Bertz CT molecular complexity index is 843. The Morgan fingerprint density at radius 1 is 1.22 bits per heavy atom. The SMILES string of the molecule is N#Cc1cccc(CN2CCN(C(=O)c3ccc([C@@H]4CCCO4)s3)CC2)c1. The minimum atomic E-state index is 0.135. The zero-order chi connectivity index (χ0) is 18.6. The van der Waals surface area contributed by atoms with E-state index in [9.17, 15) is 4.79 Å². The van der Waals surface area contributed by atoms with Gasteiger partial charge in [0.25, 0.3) is 5.91 Å². The van der Waals surface area contributed by atoms with Crippen LogP contribution >= 0.6 is 11.3 Å². The molecule has 0 saturated carbocycles. The number of rotatable bonds is 4. The zero-order valence-corrected chi connectivity index (χ0v) is 16.1. The molecule has 0 unspecified atom stereocenters. The fourth-order valence-electron chi connectivity index (χ4n) is 3.71. The first-order valence-corrected chi connectivity index (χ1v) is 10.3. The molecule has 4 rings (SSSR count). The van der Waals surface area contributed by atoms with Crippen LogP contribution in [-0.2, 0) is 11.3 Å². The summed E-state index contributed by atoms with van der Waals surface area (Å²) in [6.45, 7) is 4.83. The summed E-state index contributed by atoms with van der Waals surface area (Å²) in [5, 5.41) is 9.03. The first kappa shape index (κ1) is 18.2. The lowest BCUT2D eigenvalue weighted by atomic mass is 10.1. The highest BCUT2D eigenvalue weighted by molar-refractivity contribution is 7.14. The summed E-state index contributed by atoms with van der Waals surface area (Å²) in [6.07, 6.45) is 2.34. The van der Waals surface area contributed by atoms with Gasteiger partial charge in [-0.3, -0.25) is 9.69 Å². The number of amides is 1. The fourth-order valence-corrected chi connectivity index (χ4v) is 4.77. The van der Waals surface area contributed by atoms with E-state index in [1.54, 1.807) is 11.3 Å². The second-order valence-electron chi connectivity index (χ2n) is 7.08. The van der Waals surface area contributed by atoms with E-state index in [1.165, 1.54) is 4.88 Å². The predicted molar refractivity (Wildman–Crippen MR) is 105 cm³/mol. The molecule has 2 aliphatic heterocycles. The topological polar surface area (TPSA) is 56.6 Å². The van der Waals surface area contributed by atoms with Crippen LogP contribution in [0, 0.1) is 11.3 Å². The molecule has 3 heterocycles. The first-order chi connectivity index (χ1) is 13.2. The van der Waals surface area contributed by atoms with Gasteiger partial charge in [0, 0.05) is 44.2 Å². The third-order valence-electron chi connectivity index (χ3n) is 5.21. The molecule has 0 aliphatic carbocycles. The van der Waals surface area contributed by atoms with Gasteiger partial charge in [0.15, 0.2) is 0 Å². The summed E-state index contributed by atoms with van der Waals surface area (Å²) >= 11 is 1.58. The molecule has 140 valence electrons. The van der Waals surface area contributed by atoms with Gasteiger partial charge in [0.2, 0.25) is 0 Å². The monoisotopic (exact) mass is 381 g/mol. The smallest absolute Gasteiger partial charge is 0.264 e. The average molecular weight is 382 g/mol. The van der Waals surface area contributed by atoms with Crippen LogP contribution in [0.5, 0.6) is 0 Å². The molecule has 27 heavy (non-hydrogen) atoms. The van der Waals surface area contributed by atoms with Gasteiger partial charge in [0.1, 0.15) is 0 Å². The average Bonchev–Trinajstić information content (AvgIpc) is 3.40. The Labute approximate surface area is 163 Å². The largest absolute Gasteiger partial charge is 0.373 e. The van der Waals surface area contributed by atoms with E-state index >= 15 is 0 Å². The highest BCUT2D eigenvalue weighted by Gasteiger charge is 2.25. The number of thiophene rings is 1. The van der Waals surface area contributed by atoms with Crippen LogP contribution < -0.4 is 0 Å². The minimum Gasteiger partial charge on any atom is -0.373 e. The van der Waals surface area contributed by atoms with Gasteiger partial charge in [-0.1, -0.05) is 12.1 Å². The van der Waals surface area contributed by atoms with Gasteiger partial charge in [-0.2, -0.15) is 5.26 Å². The number of carbonyl (C=O) groups is 1. The molecular formula is C21H23N3O2S. The molecule has 2 fully saturated rings. The second-order valence-corrected chi connectivity index (χ2v) is 8.20. The Balaban J connectivity index is 1.32. The Hall–Kier alpha value is -2.20. The number of hydrogen-bond donors (Lipinski definition) is 0. The maximum Gasteiger partial charge on any atom is 0.264 e. The van der Waals surface area contributed by atoms with Gasteiger partial charge in [-0.05, 0) is 42.7 Å². The summed E-state index contributed by atoms with van der Waals surface area (Å²) in [5.41, 5.74) is 1.84. The van der Waals surface area contributed by atoms with Gasteiger partial charge in [0.05, 0.1) is 22.6 Å². The molecule has 0 spiro atoms. The van der Waals surface area contributed by atoms with E-state index < -0.39 is 0 Å². The second kappa shape index (κ2) is 8.22. The summed E-state index contributed by atoms with van der Waals surface area (Å²) in [7, 11) is 0. The first-order valence-electron chi connectivity index (χ1n) is 9.45. The fraction of sp³-hybridized carbons (Fsp3) is 0.429. The molecule has 6 heteroatoms. The van der Waals surface area contributed by atoms with Crippen LogP contribution in [0.4, 0.5) is 0 Å². The van der Waals surface area contributed by atoms with E-state index in [1.807, 2.05) is 35.2 Å². The van der Waals surface area contributed by atoms with E-state index in [0.29, 0.717) is 5.56 Å². The third-order valence-corrected chi connectivity index (χ3v) is 6.37. The van der Waals surface area contributed by atoms with Crippen LogP contribution in [-0.4, -0.2) is 48.5 Å². The lowest BCUT2D eigenvalue weighted by Gasteiger charge is -2.34. The van der Waals surface area contributed by atoms with E-state index in [2.05, 4.69) is 17.0 Å². The van der Waals surface area contributed by atoms with Gasteiger partial charge in [-0.25, -0.2) is 0 Å². The van der Waals surface area contributed by atoms with Crippen molar-refractivity contribution in [3.05, 3.63) is 57.3 Å². The molecule has 1 aromatic heterocycles. The molecule has 0 bridgehead atoms. The summed E-state index contributed by atoms with van der Waals surface area (Å²) in [5.74, 6) is 0.135. The highest BCUT2D eigenvalue weighted by Crippen LogP contribution is 2.33. The summed E-state index contributed by atoms with van der Waals surface area (Å²) in [6, 6.07) is 13.9. The molecule has 2 saturated heterocycles. The van der Waals surface area contributed by atoms with Crippen molar-refractivity contribution in [3.63, 3.8) is 0 Å². The molecular weight excluding hydrogens is 358 g/mol. The van der Waals surface area contributed by atoms with E-state index in [0.717, 1.165) is 62.6 Å². The van der Waals surface area contributed by atoms with Crippen molar-refractivity contribution in [1.82, 2.24) is 9.80 Å². The van der Waals surface area contributed by atoms with Gasteiger partial charge >= 0.3 is 0 Å². The molecule has 0 radical (unpaired) electrons. The number of nitrogens with zero attached hydrogens (tertiary/aromatic N) is 3.